The molecule has 0 aliphatic carbocycles. The van der Waals surface area contributed by atoms with Crippen molar-refractivity contribution in [2.75, 3.05) is 11.9 Å². The fraction of sp³-hybridized carbons (Fsp3) is 0.125. The quantitative estimate of drug-likeness (QED) is 0.627. The van der Waals surface area contributed by atoms with Gasteiger partial charge in [-0.25, -0.2) is 4.79 Å². The molecule has 2 N–H and O–H groups in total. The van der Waals surface area contributed by atoms with Crippen molar-refractivity contribution in [3.05, 3.63) is 58.6 Å². The molecule has 6 heteroatoms. The number of carboxylic acid groups (broad SMARTS) is 1. The van der Waals surface area contributed by atoms with Gasteiger partial charge in [-0.15, -0.1) is 0 Å². The highest BCUT2D eigenvalue weighted by Crippen LogP contribution is 2.27. The minimum absolute atomic E-state index is 0.473. The molecule has 0 fully saturated rings. The Morgan fingerprint density at radius 3 is 2.77 bits per heavy atom. The van der Waals surface area contributed by atoms with Crippen molar-refractivity contribution in [2.24, 2.45) is 5.16 Å². The average molecular weight is 319 g/mol. The molecule has 114 valence electrons. The van der Waals surface area contributed by atoms with Crippen molar-refractivity contribution in [2.45, 2.75) is 6.92 Å². The third-order valence-corrected chi connectivity index (χ3v) is 3.36. The molecular formula is C16H15ClN2O3. The van der Waals surface area contributed by atoms with E-state index in [1.807, 2.05) is 49.4 Å². The molecule has 22 heavy (non-hydrogen) atoms. The maximum Gasteiger partial charge on any atom is 0.344 e. The third-order valence-electron chi connectivity index (χ3n) is 2.95. The lowest BCUT2D eigenvalue weighted by molar-refractivity contribution is -0.142. The predicted octanol–water partition coefficient (Wildman–Crippen LogP) is 3.83. The minimum Gasteiger partial charge on any atom is -0.479 e. The van der Waals surface area contributed by atoms with E-state index >= 15 is 0 Å². The van der Waals surface area contributed by atoms with Crippen LogP contribution in [0.3, 0.4) is 0 Å². The van der Waals surface area contributed by atoms with Gasteiger partial charge in [0.05, 0.1) is 6.21 Å². The first kappa shape index (κ1) is 15.9. The Morgan fingerprint density at radius 2 is 2.00 bits per heavy atom. The largest absolute Gasteiger partial charge is 0.479 e. The van der Waals surface area contributed by atoms with Crippen molar-refractivity contribution in [3.8, 4) is 0 Å². The van der Waals surface area contributed by atoms with E-state index in [0.29, 0.717) is 5.02 Å². The summed E-state index contributed by atoms with van der Waals surface area (Å²) in [5.41, 5.74) is 3.42. The summed E-state index contributed by atoms with van der Waals surface area (Å²) in [6, 6.07) is 13.1. The second-order valence-electron chi connectivity index (χ2n) is 4.53. The van der Waals surface area contributed by atoms with Crippen LogP contribution in [0.1, 0.15) is 11.1 Å². The number of para-hydroxylation sites is 1. The first-order chi connectivity index (χ1) is 10.6. The van der Waals surface area contributed by atoms with Crippen molar-refractivity contribution in [1.82, 2.24) is 0 Å². The maximum atomic E-state index is 10.4. The van der Waals surface area contributed by atoms with E-state index in [9.17, 15) is 4.79 Å². The van der Waals surface area contributed by atoms with Crippen LogP contribution in [0.2, 0.25) is 5.02 Å². The molecule has 2 aromatic carbocycles. The molecule has 0 unspecified atom stereocenters. The monoisotopic (exact) mass is 318 g/mol. The molecule has 0 spiro atoms. The maximum absolute atomic E-state index is 10.4. The van der Waals surface area contributed by atoms with Crippen LogP contribution in [0, 0.1) is 6.92 Å². The van der Waals surface area contributed by atoms with Crippen LogP contribution in [0.4, 0.5) is 11.4 Å². The van der Waals surface area contributed by atoms with E-state index in [-0.39, 0.29) is 0 Å². The van der Waals surface area contributed by atoms with Gasteiger partial charge in [0.2, 0.25) is 6.61 Å². The normalized spacial score (nSPS) is 10.6. The number of halogens is 1. The molecule has 0 radical (unpaired) electrons. The molecule has 0 saturated carbocycles. The number of hydrogen-bond donors (Lipinski definition) is 2. The first-order valence-corrected chi connectivity index (χ1v) is 6.94. The van der Waals surface area contributed by atoms with E-state index in [2.05, 4.69) is 15.3 Å². The van der Waals surface area contributed by atoms with Crippen molar-refractivity contribution in [3.63, 3.8) is 0 Å². The second-order valence-corrected chi connectivity index (χ2v) is 4.93. The predicted molar refractivity (Wildman–Crippen MR) is 87.1 cm³/mol. The molecule has 0 aliphatic heterocycles. The standard InChI is InChI=1S/C16H15ClN2O3/c1-11-13(17)6-4-8-14(11)19-15-7-3-2-5-12(15)9-18-22-10-16(20)21/h2-9,19H,10H2,1H3,(H,20,21). The third kappa shape index (κ3) is 4.23. The van der Waals surface area contributed by atoms with Gasteiger partial charge < -0.3 is 15.3 Å². The molecule has 2 aromatic rings. The van der Waals surface area contributed by atoms with E-state index in [0.717, 1.165) is 22.5 Å². The van der Waals surface area contributed by atoms with Gasteiger partial charge >= 0.3 is 5.97 Å². The van der Waals surface area contributed by atoms with Gasteiger partial charge in [-0.05, 0) is 30.7 Å². The van der Waals surface area contributed by atoms with E-state index < -0.39 is 12.6 Å². The molecule has 0 aliphatic rings. The number of oxime groups is 1. The van der Waals surface area contributed by atoms with E-state index in [1.54, 1.807) is 0 Å². The highest BCUT2D eigenvalue weighted by Gasteiger charge is 2.05. The summed E-state index contributed by atoms with van der Waals surface area (Å²) in [5, 5.41) is 16.1. The zero-order valence-electron chi connectivity index (χ0n) is 11.9. The molecule has 0 atom stereocenters. The number of rotatable bonds is 6. The minimum atomic E-state index is -1.07. The summed E-state index contributed by atoms with van der Waals surface area (Å²) in [5.74, 6) is -1.07. The van der Waals surface area contributed by atoms with Crippen molar-refractivity contribution < 1.29 is 14.7 Å². The number of nitrogens with one attached hydrogen (secondary N) is 1. The summed E-state index contributed by atoms with van der Waals surface area (Å²) >= 11 is 6.11. The number of carboxylic acids is 1. The average Bonchev–Trinajstić information content (AvgIpc) is 2.49. The summed E-state index contributed by atoms with van der Waals surface area (Å²) in [7, 11) is 0. The second kappa shape index (κ2) is 7.47. The molecule has 0 saturated heterocycles. The highest BCUT2D eigenvalue weighted by molar-refractivity contribution is 6.31. The molecule has 0 aromatic heterocycles. The Labute approximate surface area is 133 Å². The van der Waals surface area contributed by atoms with Gasteiger partial charge in [0.15, 0.2) is 0 Å². The van der Waals surface area contributed by atoms with Gasteiger partial charge in [-0.2, -0.15) is 0 Å². The SMILES string of the molecule is Cc1c(Cl)cccc1Nc1ccccc1C=NOCC(=O)O. The first-order valence-electron chi connectivity index (χ1n) is 6.56. The number of hydrogen-bond acceptors (Lipinski definition) is 4. The van der Waals surface area contributed by atoms with Crippen molar-refractivity contribution in [1.29, 1.82) is 0 Å². The Bertz CT molecular complexity index is 702. The van der Waals surface area contributed by atoms with Crippen LogP contribution >= 0.6 is 11.6 Å². The van der Waals surface area contributed by atoms with Gasteiger partial charge in [-0.3, -0.25) is 0 Å². The van der Waals surface area contributed by atoms with Crippen LogP contribution in [0.5, 0.6) is 0 Å². The molecule has 0 heterocycles. The van der Waals surface area contributed by atoms with Gasteiger partial charge in [0.1, 0.15) is 0 Å². The lowest BCUT2D eigenvalue weighted by Crippen LogP contribution is -2.03. The Morgan fingerprint density at radius 1 is 1.27 bits per heavy atom. The lowest BCUT2D eigenvalue weighted by Gasteiger charge is -2.12. The van der Waals surface area contributed by atoms with Gasteiger partial charge in [0, 0.05) is 22.0 Å². The van der Waals surface area contributed by atoms with Crippen LogP contribution in [-0.4, -0.2) is 23.9 Å². The lowest BCUT2D eigenvalue weighted by atomic mass is 10.1. The zero-order valence-corrected chi connectivity index (χ0v) is 12.7. The topological polar surface area (TPSA) is 70.9 Å². The smallest absolute Gasteiger partial charge is 0.344 e. The zero-order chi connectivity index (χ0) is 15.9. The van der Waals surface area contributed by atoms with Crippen LogP contribution < -0.4 is 5.32 Å². The van der Waals surface area contributed by atoms with Crippen molar-refractivity contribution >= 4 is 35.2 Å². The molecule has 5 nitrogen and oxygen atoms in total. The summed E-state index contributed by atoms with van der Waals surface area (Å²) < 4.78 is 0. The van der Waals surface area contributed by atoms with Crippen LogP contribution in [0.15, 0.2) is 47.6 Å². The summed E-state index contributed by atoms with van der Waals surface area (Å²) in [6.45, 7) is 1.46. The van der Waals surface area contributed by atoms with Crippen LogP contribution in [-0.2, 0) is 9.63 Å². The van der Waals surface area contributed by atoms with E-state index in [4.69, 9.17) is 16.7 Å². The Hall–Kier alpha value is -2.53. The number of carbonyl (C=O) groups is 1. The Balaban J connectivity index is 2.18. The fourth-order valence-corrected chi connectivity index (χ4v) is 1.97. The number of nitrogens with zero attached hydrogens (tertiary/aromatic N) is 1. The summed E-state index contributed by atoms with van der Waals surface area (Å²) in [4.78, 5) is 15.0. The van der Waals surface area contributed by atoms with Crippen LogP contribution in [0.25, 0.3) is 0 Å². The molecule has 2 rings (SSSR count). The van der Waals surface area contributed by atoms with E-state index in [1.165, 1.54) is 6.21 Å². The van der Waals surface area contributed by atoms with Gasteiger partial charge in [-0.1, -0.05) is 41.0 Å². The number of anilines is 2. The van der Waals surface area contributed by atoms with Gasteiger partial charge in [0.25, 0.3) is 0 Å². The Kier molecular flexibility index (Phi) is 5.38. The molecule has 0 bridgehead atoms. The number of aliphatic carboxylic acids is 1. The molecule has 0 amide bonds. The number of benzene rings is 2. The summed E-state index contributed by atoms with van der Waals surface area (Å²) in [6.07, 6.45) is 1.46. The fourth-order valence-electron chi connectivity index (χ4n) is 1.80. The highest BCUT2D eigenvalue weighted by atomic mass is 35.5. The molecular weight excluding hydrogens is 304 g/mol.